The highest BCUT2D eigenvalue weighted by Crippen LogP contribution is 2.17. The van der Waals surface area contributed by atoms with Crippen LogP contribution in [0.2, 0.25) is 0 Å². The number of carbonyl (C=O) groups is 1. The Morgan fingerprint density at radius 1 is 1.08 bits per heavy atom. The lowest BCUT2D eigenvalue weighted by Crippen LogP contribution is -2.24. The molecule has 0 fully saturated rings. The summed E-state index contributed by atoms with van der Waals surface area (Å²) in [6, 6.07) is 12.1. The zero-order valence-corrected chi connectivity index (χ0v) is 14.9. The maximum Gasteiger partial charge on any atom is 0.251 e. The number of hydrogen-bond donors (Lipinski definition) is 2. The molecule has 1 aromatic heterocycles. The molecular weight excluding hydrogens is 331 g/mol. The molecule has 0 atom stereocenters. The molecule has 26 heavy (non-hydrogen) atoms. The van der Waals surface area contributed by atoms with Crippen LogP contribution in [0.4, 0.5) is 4.39 Å². The molecule has 2 aromatic carbocycles. The molecule has 0 radical (unpaired) electrons. The molecular formula is C21H21FN2O2. The van der Waals surface area contributed by atoms with Crippen molar-refractivity contribution in [2.75, 3.05) is 0 Å². The summed E-state index contributed by atoms with van der Waals surface area (Å²) in [5.41, 5.74) is 3.90. The number of carbonyl (C=O) groups excluding carboxylic acids is 1. The Kier molecular flexibility index (Phi) is 5.16. The number of hydrogen-bond acceptors (Lipinski definition) is 2. The Morgan fingerprint density at radius 2 is 1.81 bits per heavy atom. The molecule has 3 rings (SSSR count). The molecule has 0 aliphatic rings. The fourth-order valence-electron chi connectivity index (χ4n) is 2.88. The van der Waals surface area contributed by atoms with Crippen LogP contribution in [0.25, 0.3) is 10.9 Å². The van der Waals surface area contributed by atoms with Gasteiger partial charge in [-0.15, -0.1) is 0 Å². The molecule has 2 N–H and O–H groups in total. The Labute approximate surface area is 151 Å². The Balaban J connectivity index is 1.66. The van der Waals surface area contributed by atoms with Crippen molar-refractivity contribution >= 4 is 16.8 Å². The molecule has 4 nitrogen and oxygen atoms in total. The van der Waals surface area contributed by atoms with E-state index in [0.717, 1.165) is 22.0 Å². The number of fused-ring (bicyclic) bond motifs is 1. The maximum absolute atomic E-state index is 13.6. The predicted molar refractivity (Wildman–Crippen MR) is 101 cm³/mol. The number of rotatable bonds is 5. The Morgan fingerprint density at radius 3 is 2.58 bits per heavy atom. The summed E-state index contributed by atoms with van der Waals surface area (Å²) in [6.45, 7) is 4.16. The van der Waals surface area contributed by atoms with Crippen molar-refractivity contribution in [2.45, 2.75) is 33.2 Å². The van der Waals surface area contributed by atoms with Gasteiger partial charge >= 0.3 is 0 Å². The molecule has 5 heteroatoms. The zero-order chi connectivity index (χ0) is 18.7. The van der Waals surface area contributed by atoms with Crippen LogP contribution in [0.15, 0.2) is 47.3 Å². The summed E-state index contributed by atoms with van der Waals surface area (Å²) < 4.78 is 13.6. The molecule has 1 heterocycles. The number of pyridine rings is 1. The van der Waals surface area contributed by atoms with Gasteiger partial charge in [0, 0.05) is 29.6 Å². The van der Waals surface area contributed by atoms with Gasteiger partial charge in [0.2, 0.25) is 5.91 Å². The first-order valence-corrected chi connectivity index (χ1v) is 8.57. The SMILES string of the molecule is Cc1cc2cc(CCC(=O)NCc3ccccc3F)c(=O)[nH]c2cc1C. The number of benzene rings is 2. The number of aromatic nitrogens is 1. The lowest BCUT2D eigenvalue weighted by molar-refractivity contribution is -0.121. The van der Waals surface area contributed by atoms with Gasteiger partial charge in [-0.3, -0.25) is 9.59 Å². The molecule has 1 amide bonds. The van der Waals surface area contributed by atoms with Crippen LogP contribution in [0.5, 0.6) is 0 Å². The minimum atomic E-state index is -0.343. The third-order valence-corrected chi connectivity index (χ3v) is 4.59. The third kappa shape index (κ3) is 3.99. The monoisotopic (exact) mass is 352 g/mol. The number of amides is 1. The summed E-state index contributed by atoms with van der Waals surface area (Å²) in [5, 5.41) is 3.65. The number of H-pyrrole nitrogens is 1. The molecule has 0 aliphatic heterocycles. The first kappa shape index (κ1) is 17.9. The van der Waals surface area contributed by atoms with Gasteiger partial charge in [-0.05, 0) is 61.0 Å². The van der Waals surface area contributed by atoms with Gasteiger partial charge in [0.1, 0.15) is 5.82 Å². The quantitative estimate of drug-likeness (QED) is 0.738. The summed E-state index contributed by atoms with van der Waals surface area (Å²) in [7, 11) is 0. The van der Waals surface area contributed by atoms with Gasteiger partial charge in [-0.25, -0.2) is 4.39 Å². The normalized spacial score (nSPS) is 10.9. The first-order valence-electron chi connectivity index (χ1n) is 8.57. The minimum absolute atomic E-state index is 0.137. The molecule has 3 aromatic rings. The molecule has 0 aliphatic carbocycles. The third-order valence-electron chi connectivity index (χ3n) is 4.59. The van der Waals surface area contributed by atoms with Crippen LogP contribution < -0.4 is 10.9 Å². The van der Waals surface area contributed by atoms with Crippen molar-refractivity contribution in [3.8, 4) is 0 Å². The highest BCUT2D eigenvalue weighted by atomic mass is 19.1. The van der Waals surface area contributed by atoms with Crippen molar-refractivity contribution < 1.29 is 9.18 Å². The highest BCUT2D eigenvalue weighted by Gasteiger charge is 2.09. The fourth-order valence-corrected chi connectivity index (χ4v) is 2.88. The van der Waals surface area contributed by atoms with Crippen molar-refractivity contribution in [3.63, 3.8) is 0 Å². The summed E-state index contributed by atoms with van der Waals surface area (Å²) in [4.78, 5) is 27.1. The van der Waals surface area contributed by atoms with Crippen LogP contribution in [0.1, 0.15) is 28.7 Å². The van der Waals surface area contributed by atoms with E-state index in [1.807, 2.05) is 32.0 Å². The molecule has 0 saturated carbocycles. The molecule has 0 saturated heterocycles. The van der Waals surface area contributed by atoms with Gasteiger partial charge < -0.3 is 10.3 Å². The second-order valence-corrected chi connectivity index (χ2v) is 6.52. The van der Waals surface area contributed by atoms with Crippen LogP contribution in [-0.4, -0.2) is 10.9 Å². The lowest BCUT2D eigenvalue weighted by atomic mass is 10.0. The number of nitrogens with one attached hydrogen (secondary N) is 2. The van der Waals surface area contributed by atoms with E-state index in [4.69, 9.17) is 0 Å². The molecule has 134 valence electrons. The van der Waals surface area contributed by atoms with Gasteiger partial charge in [0.05, 0.1) is 0 Å². The van der Waals surface area contributed by atoms with Crippen molar-refractivity contribution in [2.24, 2.45) is 0 Å². The predicted octanol–water partition coefficient (Wildman–Crippen LogP) is 3.53. The van der Waals surface area contributed by atoms with Gasteiger partial charge in [-0.1, -0.05) is 18.2 Å². The standard InChI is InChI=1S/C21H21FN2O2/c1-13-9-17-11-15(21(26)24-19(17)10-14(13)2)7-8-20(25)23-12-16-5-3-4-6-18(16)22/h3-6,9-11H,7-8,12H2,1-2H3,(H,23,25)(H,24,26). The summed E-state index contributed by atoms with van der Waals surface area (Å²) in [6.07, 6.45) is 0.509. The van der Waals surface area contributed by atoms with E-state index in [2.05, 4.69) is 10.3 Å². The van der Waals surface area contributed by atoms with Gasteiger partial charge in [0.15, 0.2) is 0 Å². The van der Waals surface area contributed by atoms with E-state index in [1.165, 1.54) is 6.07 Å². The van der Waals surface area contributed by atoms with Crippen LogP contribution >= 0.6 is 0 Å². The van der Waals surface area contributed by atoms with E-state index >= 15 is 0 Å². The van der Waals surface area contributed by atoms with Crippen LogP contribution in [-0.2, 0) is 17.8 Å². The summed E-state index contributed by atoms with van der Waals surface area (Å²) in [5.74, 6) is -0.558. The zero-order valence-electron chi connectivity index (χ0n) is 14.9. The van der Waals surface area contributed by atoms with Crippen molar-refractivity contribution in [3.05, 3.63) is 80.9 Å². The first-order chi connectivity index (χ1) is 12.4. The maximum atomic E-state index is 13.6. The van der Waals surface area contributed by atoms with Crippen molar-refractivity contribution in [1.82, 2.24) is 10.3 Å². The second kappa shape index (κ2) is 7.52. The summed E-state index contributed by atoms with van der Waals surface area (Å²) >= 11 is 0. The smallest absolute Gasteiger partial charge is 0.251 e. The Hall–Kier alpha value is -2.95. The van der Waals surface area contributed by atoms with Crippen molar-refractivity contribution in [1.29, 1.82) is 0 Å². The average molecular weight is 352 g/mol. The Bertz CT molecular complexity index is 1020. The largest absolute Gasteiger partial charge is 0.352 e. The number of halogens is 1. The van der Waals surface area contributed by atoms with E-state index in [9.17, 15) is 14.0 Å². The number of aryl methyl sites for hydroxylation is 3. The average Bonchev–Trinajstić information content (AvgIpc) is 2.61. The lowest BCUT2D eigenvalue weighted by Gasteiger charge is -2.08. The number of aromatic amines is 1. The minimum Gasteiger partial charge on any atom is -0.352 e. The fraction of sp³-hybridized carbons (Fsp3) is 0.238. The van der Waals surface area contributed by atoms with E-state index < -0.39 is 0 Å². The van der Waals surface area contributed by atoms with Crippen LogP contribution in [0.3, 0.4) is 0 Å². The second-order valence-electron chi connectivity index (χ2n) is 6.52. The van der Waals surface area contributed by atoms with E-state index in [0.29, 0.717) is 17.5 Å². The van der Waals surface area contributed by atoms with E-state index in [1.54, 1.807) is 18.2 Å². The molecule has 0 spiro atoms. The van der Waals surface area contributed by atoms with Gasteiger partial charge in [0.25, 0.3) is 5.56 Å². The van der Waals surface area contributed by atoms with E-state index in [-0.39, 0.29) is 30.2 Å². The molecule has 0 bridgehead atoms. The topological polar surface area (TPSA) is 62.0 Å². The van der Waals surface area contributed by atoms with Crippen LogP contribution in [0, 0.1) is 19.7 Å². The highest BCUT2D eigenvalue weighted by molar-refractivity contribution is 5.81. The molecule has 0 unspecified atom stereocenters. The van der Waals surface area contributed by atoms with Gasteiger partial charge in [-0.2, -0.15) is 0 Å².